The van der Waals surface area contributed by atoms with Crippen molar-refractivity contribution in [3.05, 3.63) is 39.5 Å². The Morgan fingerprint density at radius 1 is 1.12 bits per heavy atom. The molecule has 9 heteroatoms. The summed E-state index contributed by atoms with van der Waals surface area (Å²) in [5.74, 6) is -4.12. The number of amides is 1. The van der Waals surface area contributed by atoms with E-state index in [1.54, 1.807) is 26.8 Å². The number of allylic oxidation sites excluding steroid dienone is 1. The van der Waals surface area contributed by atoms with Crippen molar-refractivity contribution in [2.45, 2.75) is 86.7 Å². The first-order chi connectivity index (χ1) is 18.9. The summed E-state index contributed by atoms with van der Waals surface area (Å²) in [7, 11) is 0. The number of carbonyl (C=O) groups is 4. The number of aliphatic hydroxyl groups excluding tert-OH is 1. The molecule has 0 bridgehead atoms. The zero-order chi connectivity index (χ0) is 31.0. The molecule has 4 atom stereocenters. The van der Waals surface area contributed by atoms with Gasteiger partial charge in [0.2, 0.25) is 11.6 Å². The van der Waals surface area contributed by atoms with Crippen LogP contribution in [0, 0.1) is 22.7 Å². The van der Waals surface area contributed by atoms with E-state index in [-0.39, 0.29) is 53.7 Å². The topological polar surface area (TPSA) is 150 Å². The van der Waals surface area contributed by atoms with Crippen molar-refractivity contribution in [3.8, 4) is 5.75 Å². The number of aromatic hydroxyl groups is 1. The molecule has 3 aliphatic rings. The minimum Gasteiger partial charge on any atom is -0.507 e. The fourth-order valence-corrected chi connectivity index (χ4v) is 8.23. The lowest BCUT2D eigenvalue weighted by atomic mass is 9.42. The fraction of sp³-hybridized carbons (Fsp3) is 0.562. The van der Waals surface area contributed by atoms with Gasteiger partial charge in [-0.05, 0) is 68.6 Å². The number of phenolic OH excluding ortho intramolecular Hbond substituents is 1. The average Bonchev–Trinajstić information content (AvgIpc) is 2.82. The number of anilines is 1. The molecule has 0 spiro atoms. The highest BCUT2D eigenvalue weighted by Gasteiger charge is 2.72. The Labute approximate surface area is 240 Å². The first-order valence-electron chi connectivity index (χ1n) is 14.2. The number of rotatable bonds is 5. The van der Waals surface area contributed by atoms with Crippen LogP contribution in [0.5, 0.6) is 5.75 Å². The maximum atomic E-state index is 14.5. The molecule has 1 aromatic carbocycles. The molecule has 1 saturated carbocycles. The number of benzene rings is 1. The van der Waals surface area contributed by atoms with Crippen molar-refractivity contribution >= 4 is 34.9 Å². The summed E-state index contributed by atoms with van der Waals surface area (Å²) in [5, 5.41) is 37.8. The third-order valence-corrected chi connectivity index (χ3v) is 9.48. The van der Waals surface area contributed by atoms with Crippen molar-refractivity contribution in [1.82, 2.24) is 0 Å². The maximum absolute atomic E-state index is 14.5. The largest absolute Gasteiger partial charge is 0.507 e. The van der Waals surface area contributed by atoms with Crippen molar-refractivity contribution in [3.63, 3.8) is 0 Å². The van der Waals surface area contributed by atoms with Crippen LogP contribution in [-0.4, -0.2) is 51.0 Å². The van der Waals surface area contributed by atoms with Crippen molar-refractivity contribution in [2.24, 2.45) is 22.7 Å². The molecule has 0 aliphatic heterocycles. The molecule has 0 aromatic heterocycles. The summed E-state index contributed by atoms with van der Waals surface area (Å²) < 4.78 is 4.96. The van der Waals surface area contributed by atoms with E-state index in [2.05, 4.69) is 5.32 Å². The Hall–Kier alpha value is -3.46. The summed E-state index contributed by atoms with van der Waals surface area (Å²) in [5.41, 5.74) is -3.32. The molecule has 41 heavy (non-hydrogen) atoms. The van der Waals surface area contributed by atoms with E-state index in [4.69, 9.17) is 4.74 Å². The molecule has 1 amide bonds. The monoisotopic (exact) mass is 567 g/mol. The lowest BCUT2D eigenvalue weighted by molar-refractivity contribution is -0.180. The van der Waals surface area contributed by atoms with Gasteiger partial charge < -0.3 is 20.1 Å². The standard InChI is InChI=1S/C32H41NO8/c1-10-41-29(39)33-20-11-18(14(2)3)19-12-30(8)13-31(9)23(15(4)5)16(6)21(17(7)34)27(37)32(31,40)28(38)24(30)26(36)22(19)25(20)35/h11,14-15,23,35-36,40H,10,12-13H2,1-9H3,(H,33,39)/t23-,30+,31+,32-/m1/s1. The second-order valence-electron chi connectivity index (χ2n) is 13.0. The van der Waals surface area contributed by atoms with Gasteiger partial charge in [-0.15, -0.1) is 0 Å². The molecular formula is C32H41NO8. The minimum atomic E-state index is -2.60. The van der Waals surface area contributed by atoms with Crippen LogP contribution in [0.2, 0.25) is 0 Å². The van der Waals surface area contributed by atoms with Crippen LogP contribution in [-0.2, 0) is 25.5 Å². The number of hydrogen-bond acceptors (Lipinski definition) is 8. The highest BCUT2D eigenvalue weighted by atomic mass is 16.5. The normalized spacial score (nSPS) is 29.4. The van der Waals surface area contributed by atoms with Gasteiger partial charge in [0.05, 0.1) is 23.4 Å². The van der Waals surface area contributed by atoms with Crippen LogP contribution in [0.3, 0.4) is 0 Å². The van der Waals surface area contributed by atoms with Crippen molar-refractivity contribution < 1.29 is 39.2 Å². The van der Waals surface area contributed by atoms with Gasteiger partial charge in [-0.25, -0.2) is 4.79 Å². The lowest BCUT2D eigenvalue weighted by Gasteiger charge is -2.60. The van der Waals surface area contributed by atoms with E-state index in [0.29, 0.717) is 11.1 Å². The summed E-state index contributed by atoms with van der Waals surface area (Å²) in [4.78, 5) is 53.3. The molecule has 0 unspecified atom stereocenters. The molecular weight excluding hydrogens is 526 g/mol. The Morgan fingerprint density at radius 2 is 1.73 bits per heavy atom. The first-order valence-corrected chi connectivity index (χ1v) is 14.2. The summed E-state index contributed by atoms with van der Waals surface area (Å²) in [6.07, 6.45) is -0.393. The SMILES string of the molecule is CCOC(=O)Nc1cc(C(C)C)c2c(c1O)C(O)=C1C(=O)[C@]3(O)C(=O)C(C(C)=O)=C(C)[C@@H](C(C)C)[C@]3(C)C[C@]1(C)C2. The molecule has 4 rings (SSSR count). The van der Waals surface area contributed by atoms with E-state index in [1.165, 1.54) is 6.92 Å². The van der Waals surface area contributed by atoms with Crippen molar-refractivity contribution in [1.29, 1.82) is 0 Å². The van der Waals surface area contributed by atoms with Gasteiger partial charge in [-0.3, -0.25) is 19.7 Å². The van der Waals surface area contributed by atoms with Gasteiger partial charge in [0, 0.05) is 16.4 Å². The van der Waals surface area contributed by atoms with E-state index >= 15 is 0 Å². The van der Waals surface area contributed by atoms with Gasteiger partial charge in [0.15, 0.2) is 11.4 Å². The Kier molecular flexibility index (Phi) is 7.31. The number of aliphatic hydroxyl groups is 2. The Morgan fingerprint density at radius 3 is 2.24 bits per heavy atom. The number of phenols is 1. The average molecular weight is 568 g/mol. The van der Waals surface area contributed by atoms with Crippen LogP contribution >= 0.6 is 0 Å². The minimum absolute atomic E-state index is 0.000463. The lowest BCUT2D eigenvalue weighted by Crippen LogP contribution is -2.70. The molecule has 4 N–H and O–H groups in total. The summed E-state index contributed by atoms with van der Waals surface area (Å²) in [6.45, 7) is 16.0. The van der Waals surface area contributed by atoms with Gasteiger partial charge in [-0.1, -0.05) is 47.1 Å². The smallest absolute Gasteiger partial charge is 0.411 e. The second-order valence-corrected chi connectivity index (χ2v) is 13.0. The molecule has 3 aliphatic carbocycles. The summed E-state index contributed by atoms with van der Waals surface area (Å²) in [6, 6.07) is 1.65. The third-order valence-electron chi connectivity index (χ3n) is 9.48. The number of fused-ring (bicyclic) bond motifs is 3. The fourth-order valence-electron chi connectivity index (χ4n) is 8.23. The highest BCUT2D eigenvalue weighted by Crippen LogP contribution is 2.65. The third kappa shape index (κ3) is 4.07. The highest BCUT2D eigenvalue weighted by molar-refractivity contribution is 6.33. The van der Waals surface area contributed by atoms with Gasteiger partial charge in [0.1, 0.15) is 11.5 Å². The number of carbonyl (C=O) groups excluding carboxylic acids is 4. The Bertz CT molecular complexity index is 1450. The number of Topliss-reactive ketones (excluding diaryl/α,β-unsaturated/α-hetero) is 3. The van der Waals surface area contributed by atoms with Gasteiger partial charge in [0.25, 0.3) is 0 Å². The molecule has 0 heterocycles. The first kappa shape index (κ1) is 30.5. The van der Waals surface area contributed by atoms with Crippen LogP contribution in [0.25, 0.3) is 5.76 Å². The second kappa shape index (κ2) is 9.82. The maximum Gasteiger partial charge on any atom is 0.411 e. The van der Waals surface area contributed by atoms with E-state index in [9.17, 15) is 34.5 Å². The van der Waals surface area contributed by atoms with Crippen LogP contribution < -0.4 is 5.32 Å². The van der Waals surface area contributed by atoms with E-state index in [0.717, 1.165) is 5.56 Å². The van der Waals surface area contributed by atoms with Crippen LogP contribution in [0.15, 0.2) is 22.8 Å². The van der Waals surface area contributed by atoms with E-state index in [1.807, 2.05) is 34.6 Å². The number of hydrogen-bond donors (Lipinski definition) is 4. The molecule has 0 radical (unpaired) electrons. The zero-order valence-corrected chi connectivity index (χ0v) is 25.3. The zero-order valence-electron chi connectivity index (χ0n) is 25.3. The van der Waals surface area contributed by atoms with Gasteiger partial charge in [-0.2, -0.15) is 0 Å². The number of ether oxygens (including phenoxy) is 1. The summed E-state index contributed by atoms with van der Waals surface area (Å²) >= 11 is 0. The van der Waals surface area contributed by atoms with Crippen LogP contribution in [0.1, 0.15) is 91.3 Å². The van der Waals surface area contributed by atoms with Gasteiger partial charge >= 0.3 is 6.09 Å². The molecule has 1 fully saturated rings. The number of ketones is 3. The molecule has 0 saturated heterocycles. The van der Waals surface area contributed by atoms with E-state index < -0.39 is 57.3 Å². The molecule has 1 aromatic rings. The molecule has 9 nitrogen and oxygen atoms in total. The quantitative estimate of drug-likeness (QED) is 0.210. The predicted molar refractivity (Wildman–Crippen MR) is 154 cm³/mol. The molecule has 222 valence electrons. The Balaban J connectivity index is 2.04. The number of nitrogens with one attached hydrogen (secondary N) is 1. The predicted octanol–water partition coefficient (Wildman–Crippen LogP) is 5.39. The van der Waals surface area contributed by atoms with Crippen LogP contribution in [0.4, 0.5) is 10.5 Å². The van der Waals surface area contributed by atoms with Crippen molar-refractivity contribution in [2.75, 3.05) is 11.9 Å².